The van der Waals surface area contributed by atoms with Crippen molar-refractivity contribution < 1.29 is 9.84 Å². The fourth-order valence-electron chi connectivity index (χ4n) is 5.48. The lowest BCUT2D eigenvalue weighted by atomic mass is 9.85. The lowest BCUT2D eigenvalue weighted by Gasteiger charge is -2.25. The SMILES string of the molecule is COC[C@H](C)Nc1ncc2c(-c3ccc(CN4CCCC4)cc3)cc([C@H]3CC[C@H](O)CC3)n2n1. The van der Waals surface area contributed by atoms with Crippen LogP contribution in [0.3, 0.4) is 0 Å². The fraction of sp³-hybridized carbons (Fsp3) is 0.556. The highest BCUT2D eigenvalue weighted by Gasteiger charge is 2.25. The molecule has 1 saturated carbocycles. The van der Waals surface area contributed by atoms with Gasteiger partial charge in [0.1, 0.15) is 0 Å². The number of nitrogens with zero attached hydrogens (tertiary/aromatic N) is 4. The van der Waals surface area contributed by atoms with Crippen LogP contribution in [0.1, 0.15) is 62.6 Å². The number of fused-ring (bicyclic) bond motifs is 1. The van der Waals surface area contributed by atoms with E-state index < -0.39 is 0 Å². The van der Waals surface area contributed by atoms with Gasteiger partial charge in [-0.25, -0.2) is 9.50 Å². The molecule has 1 aliphatic heterocycles. The van der Waals surface area contributed by atoms with Gasteiger partial charge in [-0.05, 0) is 75.7 Å². The molecule has 0 amide bonds. The summed E-state index contributed by atoms with van der Waals surface area (Å²) in [6, 6.07) is 11.4. The third-order valence-corrected chi connectivity index (χ3v) is 7.32. The van der Waals surface area contributed by atoms with E-state index in [1.807, 2.05) is 6.20 Å². The molecule has 3 aromatic rings. The highest BCUT2D eigenvalue weighted by atomic mass is 16.5. The van der Waals surface area contributed by atoms with E-state index in [1.165, 1.54) is 48.3 Å². The molecule has 2 fully saturated rings. The zero-order chi connectivity index (χ0) is 23.5. The maximum atomic E-state index is 10.0. The van der Waals surface area contributed by atoms with E-state index in [0.29, 0.717) is 18.5 Å². The van der Waals surface area contributed by atoms with E-state index >= 15 is 0 Å². The number of methoxy groups -OCH3 is 1. The molecule has 1 saturated heterocycles. The van der Waals surface area contributed by atoms with E-state index in [4.69, 9.17) is 9.84 Å². The first kappa shape index (κ1) is 23.3. The second kappa shape index (κ2) is 10.4. The maximum Gasteiger partial charge on any atom is 0.241 e. The second-order valence-corrected chi connectivity index (χ2v) is 10.0. The molecule has 2 N–H and O–H groups in total. The summed E-state index contributed by atoms with van der Waals surface area (Å²) in [6.45, 7) is 6.11. The molecule has 34 heavy (non-hydrogen) atoms. The van der Waals surface area contributed by atoms with Gasteiger partial charge in [-0.1, -0.05) is 24.3 Å². The van der Waals surface area contributed by atoms with Crippen molar-refractivity contribution in [3.05, 3.63) is 47.8 Å². The van der Waals surface area contributed by atoms with Crippen molar-refractivity contribution in [3.63, 3.8) is 0 Å². The first-order valence-electron chi connectivity index (χ1n) is 12.7. The number of anilines is 1. The van der Waals surface area contributed by atoms with Gasteiger partial charge >= 0.3 is 0 Å². The predicted molar refractivity (Wildman–Crippen MR) is 135 cm³/mol. The largest absolute Gasteiger partial charge is 0.393 e. The number of rotatable bonds is 8. The Kier molecular flexibility index (Phi) is 7.13. The topological polar surface area (TPSA) is 74.9 Å². The van der Waals surface area contributed by atoms with Crippen LogP contribution >= 0.6 is 0 Å². The number of aromatic nitrogens is 3. The van der Waals surface area contributed by atoms with Crippen molar-refractivity contribution in [3.8, 4) is 11.1 Å². The summed E-state index contributed by atoms with van der Waals surface area (Å²) in [6.07, 6.45) is 8.05. The van der Waals surface area contributed by atoms with E-state index in [9.17, 15) is 5.11 Å². The number of aliphatic hydroxyl groups is 1. The number of ether oxygens (including phenoxy) is 1. The monoisotopic (exact) mass is 463 g/mol. The second-order valence-electron chi connectivity index (χ2n) is 10.0. The van der Waals surface area contributed by atoms with Gasteiger partial charge in [-0.3, -0.25) is 4.90 Å². The number of likely N-dealkylation sites (tertiary alicyclic amines) is 1. The minimum atomic E-state index is -0.174. The Morgan fingerprint density at radius 1 is 1.12 bits per heavy atom. The molecule has 3 heterocycles. The summed E-state index contributed by atoms with van der Waals surface area (Å²) in [5.41, 5.74) is 5.97. The maximum absolute atomic E-state index is 10.0. The highest BCUT2D eigenvalue weighted by Crippen LogP contribution is 2.37. The number of hydrogen-bond donors (Lipinski definition) is 2. The Hall–Kier alpha value is -2.48. The van der Waals surface area contributed by atoms with Crippen molar-refractivity contribution in [1.29, 1.82) is 0 Å². The average molecular weight is 464 g/mol. The molecule has 0 unspecified atom stereocenters. The van der Waals surface area contributed by atoms with Crippen molar-refractivity contribution >= 4 is 11.5 Å². The van der Waals surface area contributed by atoms with Gasteiger partial charge < -0.3 is 15.2 Å². The van der Waals surface area contributed by atoms with Crippen LogP contribution in [0.5, 0.6) is 0 Å². The van der Waals surface area contributed by atoms with Gasteiger partial charge in [0, 0.05) is 36.9 Å². The summed E-state index contributed by atoms with van der Waals surface area (Å²) in [5, 5.41) is 18.3. The molecule has 7 nitrogen and oxygen atoms in total. The lowest BCUT2D eigenvalue weighted by molar-refractivity contribution is 0.121. The standard InChI is InChI=1S/C27H37N5O2/c1-19(18-34-2)29-27-28-16-26-24(15-25(32(26)30-27)22-9-11-23(33)12-10-22)21-7-5-20(6-8-21)17-31-13-3-4-14-31/h5-8,15-16,19,22-23,33H,3-4,9-14,17-18H2,1-2H3,(H,29,30)/t19-,22-,23-/m0/s1. The van der Waals surface area contributed by atoms with Crippen molar-refractivity contribution in [1.82, 2.24) is 19.5 Å². The van der Waals surface area contributed by atoms with Crippen molar-refractivity contribution in [2.75, 3.05) is 32.1 Å². The minimum absolute atomic E-state index is 0.119. The van der Waals surface area contributed by atoms with Crippen LogP contribution in [0, 0.1) is 0 Å². The number of hydrogen-bond acceptors (Lipinski definition) is 6. The summed E-state index contributed by atoms with van der Waals surface area (Å²) >= 11 is 0. The average Bonchev–Trinajstić information content (AvgIpc) is 3.48. The summed E-state index contributed by atoms with van der Waals surface area (Å²) in [5.74, 6) is 0.996. The molecule has 1 aromatic carbocycles. The summed E-state index contributed by atoms with van der Waals surface area (Å²) in [4.78, 5) is 7.16. The van der Waals surface area contributed by atoms with Crippen LogP contribution in [0.2, 0.25) is 0 Å². The number of aliphatic hydroxyl groups excluding tert-OH is 1. The van der Waals surface area contributed by atoms with Crippen molar-refractivity contribution in [2.45, 2.75) is 70.1 Å². The van der Waals surface area contributed by atoms with E-state index in [0.717, 1.165) is 37.7 Å². The molecule has 1 aliphatic carbocycles. The van der Waals surface area contributed by atoms with Crippen LogP contribution in [0.15, 0.2) is 36.5 Å². The molecule has 7 heteroatoms. The molecule has 0 radical (unpaired) electrons. The fourth-order valence-corrected chi connectivity index (χ4v) is 5.48. The Bertz CT molecular complexity index is 1080. The van der Waals surface area contributed by atoms with Crippen LogP contribution in [0.25, 0.3) is 16.6 Å². The molecular weight excluding hydrogens is 426 g/mol. The smallest absolute Gasteiger partial charge is 0.241 e. The first-order valence-corrected chi connectivity index (χ1v) is 12.7. The Morgan fingerprint density at radius 2 is 1.85 bits per heavy atom. The van der Waals surface area contributed by atoms with Gasteiger partial charge in [-0.15, -0.1) is 5.10 Å². The molecule has 2 aromatic heterocycles. The zero-order valence-electron chi connectivity index (χ0n) is 20.4. The summed E-state index contributed by atoms with van der Waals surface area (Å²) < 4.78 is 7.33. The number of benzene rings is 1. The van der Waals surface area contributed by atoms with Crippen LogP contribution in [0.4, 0.5) is 5.95 Å². The third kappa shape index (κ3) is 5.11. The Morgan fingerprint density at radius 3 is 2.56 bits per heavy atom. The van der Waals surface area contributed by atoms with Crippen LogP contribution < -0.4 is 5.32 Å². The first-order chi connectivity index (χ1) is 16.6. The summed E-state index contributed by atoms with van der Waals surface area (Å²) in [7, 11) is 1.70. The molecule has 0 spiro atoms. The molecule has 0 bridgehead atoms. The van der Waals surface area contributed by atoms with Gasteiger partial charge in [-0.2, -0.15) is 0 Å². The van der Waals surface area contributed by atoms with E-state index in [2.05, 4.69) is 57.0 Å². The molecule has 182 valence electrons. The van der Waals surface area contributed by atoms with Crippen LogP contribution in [-0.4, -0.2) is 63.6 Å². The van der Waals surface area contributed by atoms with E-state index in [-0.39, 0.29) is 12.1 Å². The molecule has 2 aliphatic rings. The lowest BCUT2D eigenvalue weighted by Crippen LogP contribution is -2.23. The molecule has 5 rings (SSSR count). The van der Waals surface area contributed by atoms with Gasteiger partial charge in [0.15, 0.2) is 0 Å². The normalized spacial score (nSPS) is 22.3. The predicted octanol–water partition coefficient (Wildman–Crippen LogP) is 4.46. The molecule has 1 atom stereocenters. The van der Waals surface area contributed by atoms with Gasteiger partial charge in [0.25, 0.3) is 0 Å². The third-order valence-electron chi connectivity index (χ3n) is 7.32. The van der Waals surface area contributed by atoms with Gasteiger partial charge in [0.2, 0.25) is 5.95 Å². The van der Waals surface area contributed by atoms with Crippen LogP contribution in [-0.2, 0) is 11.3 Å². The Balaban J connectivity index is 1.47. The Labute approximate surface area is 202 Å². The number of nitrogens with one attached hydrogen (secondary N) is 1. The highest BCUT2D eigenvalue weighted by molar-refractivity contribution is 5.81. The minimum Gasteiger partial charge on any atom is -0.393 e. The van der Waals surface area contributed by atoms with Crippen molar-refractivity contribution in [2.24, 2.45) is 0 Å². The quantitative estimate of drug-likeness (QED) is 0.514. The molecular formula is C27H37N5O2. The van der Waals surface area contributed by atoms with Gasteiger partial charge in [0.05, 0.1) is 24.4 Å². The van der Waals surface area contributed by atoms with E-state index in [1.54, 1.807) is 7.11 Å². The zero-order valence-corrected chi connectivity index (χ0v) is 20.4.